The van der Waals surface area contributed by atoms with Gasteiger partial charge in [0.15, 0.2) is 6.61 Å². The fraction of sp³-hybridized carbons (Fsp3) is 0.533. The summed E-state index contributed by atoms with van der Waals surface area (Å²) >= 11 is 0. The molecule has 0 aliphatic carbocycles. The van der Waals surface area contributed by atoms with Crippen LogP contribution in [0.4, 0.5) is 0 Å². The minimum absolute atomic E-state index is 0.0327. The molecule has 0 bridgehead atoms. The zero-order valence-corrected chi connectivity index (χ0v) is 11.6. The maximum Gasteiger partial charge on any atom is 0.260 e. The van der Waals surface area contributed by atoms with E-state index in [2.05, 4.69) is 19.9 Å². The molecule has 0 atom stereocenters. The number of hydrogen-bond acceptors (Lipinski definition) is 2. The topological polar surface area (TPSA) is 29.5 Å². The van der Waals surface area contributed by atoms with Gasteiger partial charge < -0.3 is 9.64 Å². The first-order valence-corrected chi connectivity index (χ1v) is 6.63. The standard InChI is InChI=1S/C15H23NO2/c1-4-6-10-16(3)15(17)12-18-14-9-7-8-13(5-2)11-14/h7-9,11H,4-6,10,12H2,1-3H3. The van der Waals surface area contributed by atoms with Crippen LogP contribution in [0.2, 0.25) is 0 Å². The molecule has 1 rings (SSSR count). The van der Waals surface area contributed by atoms with Crippen molar-refractivity contribution in [2.45, 2.75) is 33.1 Å². The van der Waals surface area contributed by atoms with Crippen LogP contribution in [0.1, 0.15) is 32.3 Å². The summed E-state index contributed by atoms with van der Waals surface area (Å²) in [6.45, 7) is 5.13. The smallest absolute Gasteiger partial charge is 0.260 e. The van der Waals surface area contributed by atoms with E-state index in [1.807, 2.05) is 25.2 Å². The van der Waals surface area contributed by atoms with Crippen LogP contribution in [0.3, 0.4) is 0 Å². The van der Waals surface area contributed by atoms with Gasteiger partial charge in [-0.05, 0) is 30.5 Å². The van der Waals surface area contributed by atoms with Gasteiger partial charge in [0, 0.05) is 13.6 Å². The molecule has 0 N–H and O–H groups in total. The quantitative estimate of drug-likeness (QED) is 0.743. The lowest BCUT2D eigenvalue weighted by molar-refractivity contribution is -0.132. The van der Waals surface area contributed by atoms with Gasteiger partial charge in [-0.1, -0.05) is 32.4 Å². The average Bonchev–Trinajstić information content (AvgIpc) is 2.42. The molecule has 0 unspecified atom stereocenters. The van der Waals surface area contributed by atoms with Crippen LogP contribution in [-0.2, 0) is 11.2 Å². The Balaban J connectivity index is 2.41. The lowest BCUT2D eigenvalue weighted by atomic mass is 10.2. The number of amides is 1. The number of hydrogen-bond donors (Lipinski definition) is 0. The summed E-state index contributed by atoms with van der Waals surface area (Å²) in [5.74, 6) is 0.803. The van der Waals surface area contributed by atoms with Crippen molar-refractivity contribution in [2.24, 2.45) is 0 Å². The van der Waals surface area contributed by atoms with Crippen LogP contribution >= 0.6 is 0 Å². The average molecular weight is 249 g/mol. The van der Waals surface area contributed by atoms with Gasteiger partial charge in [0.25, 0.3) is 5.91 Å². The highest BCUT2D eigenvalue weighted by molar-refractivity contribution is 5.77. The van der Waals surface area contributed by atoms with Gasteiger partial charge in [-0.2, -0.15) is 0 Å². The van der Waals surface area contributed by atoms with Crippen molar-refractivity contribution in [1.29, 1.82) is 0 Å². The van der Waals surface area contributed by atoms with E-state index in [1.54, 1.807) is 4.90 Å². The summed E-state index contributed by atoms with van der Waals surface area (Å²) in [6.07, 6.45) is 3.10. The number of nitrogens with zero attached hydrogens (tertiary/aromatic N) is 1. The van der Waals surface area contributed by atoms with Crippen LogP contribution in [0, 0.1) is 0 Å². The second-order valence-corrected chi connectivity index (χ2v) is 4.46. The maximum absolute atomic E-state index is 11.8. The van der Waals surface area contributed by atoms with Gasteiger partial charge in [0.05, 0.1) is 0 Å². The van der Waals surface area contributed by atoms with Crippen molar-refractivity contribution in [3.63, 3.8) is 0 Å². The SMILES string of the molecule is CCCCN(C)C(=O)COc1cccc(CC)c1. The van der Waals surface area contributed by atoms with E-state index in [0.717, 1.165) is 31.6 Å². The maximum atomic E-state index is 11.8. The second-order valence-electron chi connectivity index (χ2n) is 4.46. The van der Waals surface area contributed by atoms with Gasteiger partial charge >= 0.3 is 0 Å². The summed E-state index contributed by atoms with van der Waals surface area (Å²) in [4.78, 5) is 13.5. The number of aryl methyl sites for hydroxylation is 1. The third-order valence-corrected chi connectivity index (χ3v) is 2.94. The third-order valence-electron chi connectivity index (χ3n) is 2.94. The van der Waals surface area contributed by atoms with Crippen LogP contribution < -0.4 is 4.74 Å². The molecule has 18 heavy (non-hydrogen) atoms. The molecule has 1 aromatic carbocycles. The van der Waals surface area contributed by atoms with Crippen molar-refractivity contribution < 1.29 is 9.53 Å². The molecule has 0 spiro atoms. The first-order valence-electron chi connectivity index (χ1n) is 6.63. The van der Waals surface area contributed by atoms with E-state index in [1.165, 1.54) is 5.56 Å². The van der Waals surface area contributed by atoms with Crippen molar-refractivity contribution in [2.75, 3.05) is 20.2 Å². The van der Waals surface area contributed by atoms with Crippen molar-refractivity contribution >= 4 is 5.91 Å². The molecule has 0 saturated heterocycles. The number of carbonyl (C=O) groups is 1. The lowest BCUT2D eigenvalue weighted by Gasteiger charge is -2.17. The Morgan fingerprint density at radius 3 is 2.78 bits per heavy atom. The summed E-state index contributed by atoms with van der Waals surface area (Å²) in [7, 11) is 1.82. The van der Waals surface area contributed by atoms with Crippen molar-refractivity contribution in [3.05, 3.63) is 29.8 Å². The summed E-state index contributed by atoms with van der Waals surface area (Å²) in [6, 6.07) is 7.89. The van der Waals surface area contributed by atoms with E-state index in [-0.39, 0.29) is 12.5 Å². The lowest BCUT2D eigenvalue weighted by Crippen LogP contribution is -2.32. The molecule has 0 aromatic heterocycles. The van der Waals surface area contributed by atoms with Crippen molar-refractivity contribution in [3.8, 4) is 5.75 Å². The Bertz CT molecular complexity index is 377. The number of carbonyl (C=O) groups excluding carboxylic acids is 1. The van der Waals surface area contributed by atoms with E-state index in [9.17, 15) is 4.79 Å². The van der Waals surface area contributed by atoms with Crippen LogP contribution in [0.15, 0.2) is 24.3 Å². The van der Waals surface area contributed by atoms with Gasteiger partial charge in [-0.3, -0.25) is 4.79 Å². The fourth-order valence-corrected chi connectivity index (χ4v) is 1.63. The van der Waals surface area contributed by atoms with Crippen molar-refractivity contribution in [1.82, 2.24) is 4.90 Å². The predicted molar refractivity (Wildman–Crippen MR) is 73.9 cm³/mol. The van der Waals surface area contributed by atoms with Gasteiger partial charge in [-0.15, -0.1) is 0 Å². The van der Waals surface area contributed by atoms with Gasteiger partial charge in [0.2, 0.25) is 0 Å². The molecular weight excluding hydrogens is 226 g/mol. The minimum atomic E-state index is 0.0327. The first kappa shape index (κ1) is 14.6. The zero-order valence-electron chi connectivity index (χ0n) is 11.6. The van der Waals surface area contributed by atoms with Gasteiger partial charge in [0.1, 0.15) is 5.75 Å². The number of likely N-dealkylation sites (N-methyl/N-ethyl adjacent to an activating group) is 1. The molecular formula is C15H23NO2. The van der Waals surface area contributed by atoms with E-state index >= 15 is 0 Å². The Morgan fingerprint density at radius 1 is 1.33 bits per heavy atom. The Hall–Kier alpha value is -1.51. The Morgan fingerprint density at radius 2 is 2.11 bits per heavy atom. The summed E-state index contributed by atoms with van der Waals surface area (Å²) in [5.41, 5.74) is 1.22. The molecule has 0 aliphatic rings. The number of rotatable bonds is 7. The normalized spacial score (nSPS) is 10.2. The first-order chi connectivity index (χ1) is 8.67. The number of benzene rings is 1. The molecule has 1 amide bonds. The third kappa shape index (κ3) is 4.78. The molecule has 3 nitrogen and oxygen atoms in total. The minimum Gasteiger partial charge on any atom is -0.484 e. The molecule has 0 fully saturated rings. The Kier molecular flexibility index (Phi) is 6.26. The van der Waals surface area contributed by atoms with Crippen LogP contribution in [-0.4, -0.2) is 31.0 Å². The van der Waals surface area contributed by atoms with Crippen LogP contribution in [0.25, 0.3) is 0 Å². The highest BCUT2D eigenvalue weighted by Crippen LogP contribution is 2.13. The van der Waals surface area contributed by atoms with Gasteiger partial charge in [-0.25, -0.2) is 0 Å². The molecule has 0 aliphatic heterocycles. The Labute approximate surface area is 110 Å². The number of unbranched alkanes of at least 4 members (excludes halogenated alkanes) is 1. The largest absolute Gasteiger partial charge is 0.484 e. The highest BCUT2D eigenvalue weighted by Gasteiger charge is 2.08. The molecule has 0 heterocycles. The summed E-state index contributed by atoms with van der Waals surface area (Å²) < 4.78 is 5.52. The molecule has 1 aromatic rings. The fourth-order valence-electron chi connectivity index (χ4n) is 1.63. The number of ether oxygens (including phenoxy) is 1. The second kappa shape index (κ2) is 7.75. The van der Waals surface area contributed by atoms with E-state index in [4.69, 9.17) is 4.74 Å². The van der Waals surface area contributed by atoms with E-state index < -0.39 is 0 Å². The van der Waals surface area contributed by atoms with E-state index in [0.29, 0.717) is 0 Å². The molecule has 0 saturated carbocycles. The zero-order chi connectivity index (χ0) is 13.4. The monoisotopic (exact) mass is 249 g/mol. The molecule has 3 heteroatoms. The molecule has 0 radical (unpaired) electrons. The molecule has 100 valence electrons. The highest BCUT2D eigenvalue weighted by atomic mass is 16.5. The summed E-state index contributed by atoms with van der Waals surface area (Å²) in [5, 5.41) is 0. The predicted octanol–water partition coefficient (Wildman–Crippen LogP) is 2.89. The van der Waals surface area contributed by atoms with Crippen LogP contribution in [0.5, 0.6) is 5.75 Å².